The van der Waals surface area contributed by atoms with Crippen LogP contribution in [0, 0.1) is 5.92 Å². The molecule has 0 radical (unpaired) electrons. The molecule has 2 aliphatic rings. The minimum Gasteiger partial charge on any atom is -0.377 e. The van der Waals surface area contributed by atoms with Crippen molar-refractivity contribution >= 4 is 23.7 Å². The van der Waals surface area contributed by atoms with E-state index in [1.165, 1.54) is 5.56 Å². The summed E-state index contributed by atoms with van der Waals surface area (Å²) in [6.45, 7) is 5.22. The Morgan fingerprint density at radius 2 is 1.96 bits per heavy atom. The van der Waals surface area contributed by atoms with Crippen LogP contribution in [0.2, 0.25) is 5.02 Å². The van der Waals surface area contributed by atoms with Gasteiger partial charge in [0.2, 0.25) is 5.91 Å². The van der Waals surface area contributed by atoms with E-state index < -0.39 is 0 Å². The minimum atomic E-state index is -0.163. The van der Waals surface area contributed by atoms with Gasteiger partial charge >= 0.3 is 0 Å². The Labute approximate surface area is 160 Å². The quantitative estimate of drug-likeness (QED) is 0.744. The summed E-state index contributed by atoms with van der Waals surface area (Å²) in [7, 11) is 0. The molecule has 1 aliphatic heterocycles. The number of nitrogens with two attached hydrogens (primary N) is 1. The molecule has 0 spiro atoms. The Morgan fingerprint density at radius 3 is 2.54 bits per heavy atom. The lowest BCUT2D eigenvalue weighted by Gasteiger charge is -2.31. The molecule has 26 heavy (non-hydrogen) atoms. The molecule has 1 saturated carbocycles. The summed E-state index contributed by atoms with van der Waals surface area (Å²) < 4.78 is 0.542. The van der Waals surface area contributed by atoms with Gasteiger partial charge in [-0.3, -0.25) is 4.79 Å². The maximum atomic E-state index is 11.3. The Morgan fingerprint density at radius 1 is 1.31 bits per heavy atom. The lowest BCUT2D eigenvalue weighted by atomic mass is 9.85. The molecule has 3 rings (SSSR count). The summed E-state index contributed by atoms with van der Waals surface area (Å²) in [5, 5.41) is 9.18. The van der Waals surface area contributed by atoms with Crippen LogP contribution in [0.1, 0.15) is 51.1 Å². The van der Waals surface area contributed by atoms with Gasteiger partial charge in [0.15, 0.2) is 0 Å². The molecule has 2 atom stereocenters. The fourth-order valence-electron chi connectivity index (χ4n) is 3.97. The van der Waals surface area contributed by atoms with Crippen molar-refractivity contribution in [1.82, 2.24) is 5.32 Å². The van der Waals surface area contributed by atoms with Gasteiger partial charge in [0.25, 0.3) is 0 Å². The van der Waals surface area contributed by atoms with E-state index in [9.17, 15) is 4.79 Å². The lowest BCUT2D eigenvalue weighted by molar-refractivity contribution is -0.911. The van der Waals surface area contributed by atoms with Gasteiger partial charge in [-0.05, 0) is 51.7 Å². The molecule has 0 bridgehead atoms. The number of primary amides is 1. The number of nitrogens with one attached hydrogen (secondary N) is 1. The molecule has 0 aromatic heterocycles. The Kier molecular flexibility index (Phi) is 5.68. The van der Waals surface area contributed by atoms with Crippen LogP contribution in [0.25, 0.3) is 0 Å². The van der Waals surface area contributed by atoms with Gasteiger partial charge in [-0.2, -0.15) is 4.59 Å². The summed E-state index contributed by atoms with van der Waals surface area (Å²) in [6.07, 6.45) is 7.82. The molecule has 1 amide bonds. The zero-order valence-corrected chi connectivity index (χ0v) is 16.2. The molecule has 2 unspecified atom stereocenters. The molecule has 0 saturated heterocycles. The highest BCUT2D eigenvalue weighted by Gasteiger charge is 2.37. The summed E-state index contributed by atoms with van der Waals surface area (Å²) >= 11 is 6.02. The first-order chi connectivity index (χ1) is 12.4. The molecule has 1 fully saturated rings. The first-order valence-corrected chi connectivity index (χ1v) is 9.78. The van der Waals surface area contributed by atoms with E-state index in [4.69, 9.17) is 22.4 Å². The highest BCUT2D eigenvalue weighted by molar-refractivity contribution is 6.30. The third kappa shape index (κ3) is 3.94. The first-order valence-electron chi connectivity index (χ1n) is 9.40. The number of allylic oxidation sites excluding steroid dienone is 1. The van der Waals surface area contributed by atoms with Crippen molar-refractivity contribution in [1.29, 1.82) is 0 Å². The molecule has 1 heterocycles. The molecule has 1 aromatic carbocycles. The van der Waals surface area contributed by atoms with Crippen LogP contribution in [-0.2, 0) is 4.79 Å². The fraction of sp³-hybridized carbons (Fsp3) is 0.500. The van der Waals surface area contributed by atoms with E-state index in [0.29, 0.717) is 10.6 Å². The van der Waals surface area contributed by atoms with Crippen LogP contribution in [0.15, 0.2) is 41.3 Å². The average Bonchev–Trinajstić information content (AvgIpc) is 3.06. The topological polar surface area (TPSA) is 67.5 Å². The normalized spacial score (nSPS) is 29.3. The van der Waals surface area contributed by atoms with Gasteiger partial charge in [0.05, 0.1) is 0 Å². The Balaban J connectivity index is 1.67. The second-order valence-corrected chi connectivity index (χ2v) is 7.79. The maximum absolute atomic E-state index is 11.3. The van der Waals surface area contributed by atoms with Crippen molar-refractivity contribution in [2.75, 3.05) is 6.54 Å². The van der Waals surface area contributed by atoms with Crippen molar-refractivity contribution in [3.63, 3.8) is 0 Å². The van der Waals surface area contributed by atoms with Crippen molar-refractivity contribution in [3.8, 4) is 0 Å². The van der Waals surface area contributed by atoms with Gasteiger partial charge < -0.3 is 11.1 Å². The first kappa shape index (κ1) is 18.9. The molecule has 1 aliphatic carbocycles. The van der Waals surface area contributed by atoms with E-state index in [-0.39, 0.29) is 17.9 Å². The van der Waals surface area contributed by atoms with Gasteiger partial charge in [0.1, 0.15) is 30.7 Å². The highest BCUT2D eigenvalue weighted by atomic mass is 35.5. The number of quaternary nitrogens is 1. The number of hydrogen-bond acceptors (Lipinski definition) is 3. The SMILES string of the molecule is CC[N+]1(C(C)c2ccc(Cl)cc2)C=C(NC2CCC(C(N)=O)CC2)C=N1. The standard InChI is InChI=1S/C20H27ClN4O/c1-3-25(14(2)15-4-8-17(21)9-5-15)13-19(12-23-25)24-18-10-6-16(7-11-18)20(22)26/h4-5,8-9,12-14,16,18,24H,3,6-7,10-11H2,1-2H3,(H-,22,26)/p+1. The van der Waals surface area contributed by atoms with Gasteiger partial charge in [-0.1, -0.05) is 28.8 Å². The van der Waals surface area contributed by atoms with Crippen LogP contribution in [0.4, 0.5) is 0 Å². The van der Waals surface area contributed by atoms with E-state index in [1.807, 2.05) is 18.3 Å². The number of hydrogen-bond donors (Lipinski definition) is 2. The Hall–Kier alpha value is -1.85. The summed E-state index contributed by atoms with van der Waals surface area (Å²) in [6, 6.07) is 8.59. The van der Waals surface area contributed by atoms with Gasteiger partial charge in [-0.15, -0.1) is 0 Å². The number of benzene rings is 1. The largest absolute Gasteiger partial charge is 0.377 e. The number of nitrogens with zero attached hydrogens (tertiary/aromatic N) is 2. The second-order valence-electron chi connectivity index (χ2n) is 7.35. The van der Waals surface area contributed by atoms with E-state index in [0.717, 1.165) is 42.9 Å². The van der Waals surface area contributed by atoms with Crippen molar-refractivity contribution < 1.29 is 9.39 Å². The average molecular weight is 376 g/mol. The van der Waals surface area contributed by atoms with Crippen molar-refractivity contribution in [2.45, 2.75) is 51.6 Å². The van der Waals surface area contributed by atoms with E-state index in [1.54, 1.807) is 0 Å². The summed E-state index contributed by atoms with van der Waals surface area (Å²) in [4.78, 5) is 11.3. The predicted octanol–water partition coefficient (Wildman–Crippen LogP) is 3.71. The monoisotopic (exact) mass is 375 g/mol. The summed E-state index contributed by atoms with van der Waals surface area (Å²) in [5.41, 5.74) is 7.71. The smallest absolute Gasteiger partial charge is 0.220 e. The Bertz CT molecular complexity index is 707. The minimum absolute atomic E-state index is 0.0368. The number of amides is 1. The zero-order valence-electron chi connectivity index (χ0n) is 15.5. The maximum Gasteiger partial charge on any atom is 0.220 e. The molecular formula is C20H28ClN4O+. The zero-order chi connectivity index (χ0) is 18.7. The van der Waals surface area contributed by atoms with Crippen LogP contribution in [0.3, 0.4) is 0 Å². The number of carbonyl (C=O) groups is 1. The van der Waals surface area contributed by atoms with E-state index in [2.05, 4.69) is 37.5 Å². The van der Waals surface area contributed by atoms with Crippen LogP contribution >= 0.6 is 11.6 Å². The van der Waals surface area contributed by atoms with Crippen LogP contribution in [-0.4, -0.2) is 29.3 Å². The number of carbonyl (C=O) groups excluding carboxylic acids is 1. The highest BCUT2D eigenvalue weighted by Crippen LogP contribution is 2.34. The molecular weight excluding hydrogens is 348 g/mol. The third-order valence-electron chi connectivity index (χ3n) is 5.80. The molecule has 3 N–H and O–H groups in total. The van der Waals surface area contributed by atoms with Gasteiger partial charge in [-0.25, -0.2) is 0 Å². The third-order valence-corrected chi connectivity index (χ3v) is 6.06. The second kappa shape index (κ2) is 7.80. The molecule has 6 heteroatoms. The predicted molar refractivity (Wildman–Crippen MR) is 105 cm³/mol. The van der Waals surface area contributed by atoms with Crippen LogP contribution < -0.4 is 11.1 Å². The summed E-state index contributed by atoms with van der Waals surface area (Å²) in [5.74, 6) is -0.127. The molecule has 5 nitrogen and oxygen atoms in total. The van der Waals surface area contributed by atoms with Crippen molar-refractivity contribution in [3.05, 3.63) is 46.7 Å². The number of halogens is 1. The number of rotatable bonds is 6. The molecule has 140 valence electrons. The lowest BCUT2D eigenvalue weighted by Crippen LogP contribution is -2.39. The molecule has 1 aromatic rings. The fourth-order valence-corrected chi connectivity index (χ4v) is 4.09. The van der Waals surface area contributed by atoms with Gasteiger partial charge in [0, 0.05) is 22.5 Å². The van der Waals surface area contributed by atoms with Crippen LogP contribution in [0.5, 0.6) is 0 Å². The van der Waals surface area contributed by atoms with Crippen molar-refractivity contribution in [2.24, 2.45) is 16.8 Å². The van der Waals surface area contributed by atoms with E-state index >= 15 is 0 Å².